The molecule has 0 aromatic heterocycles. The molecule has 2 N–H and O–H groups in total. The van der Waals surface area contributed by atoms with Crippen LogP contribution in [0.25, 0.3) is 0 Å². The minimum atomic E-state index is -1.06. The predicted octanol–water partition coefficient (Wildman–Crippen LogP) is 0.379. The molecule has 3 nitrogen and oxygen atoms in total. The molecular weight excluding hydrogens is 149 g/mol. The largest absolute Gasteiger partial charge is 0.468 e. The summed E-state index contributed by atoms with van der Waals surface area (Å²) in [4.78, 5) is 11.0. The number of hydrogen-bond donors (Lipinski definition) is 1. The van der Waals surface area contributed by atoms with Crippen LogP contribution in [0.4, 0.5) is 4.39 Å². The summed E-state index contributed by atoms with van der Waals surface area (Å²) in [6.45, 7) is 0. The highest BCUT2D eigenvalue weighted by Crippen LogP contribution is 2.30. The number of nitrogens with two attached hydrogens (primary N) is 1. The van der Waals surface area contributed by atoms with Crippen LogP contribution >= 0.6 is 0 Å². The number of alkyl halides is 1. The lowest BCUT2D eigenvalue weighted by molar-refractivity contribution is -0.146. The van der Waals surface area contributed by atoms with Crippen molar-refractivity contribution >= 4 is 5.97 Å². The summed E-state index contributed by atoms with van der Waals surface area (Å²) in [5, 5.41) is 0. The van der Waals surface area contributed by atoms with Crippen LogP contribution in [-0.2, 0) is 9.53 Å². The van der Waals surface area contributed by atoms with Crippen molar-refractivity contribution in [3.63, 3.8) is 0 Å². The van der Waals surface area contributed by atoms with Crippen LogP contribution in [0.2, 0.25) is 0 Å². The fraction of sp³-hybridized carbons (Fsp3) is 0.857. The van der Waals surface area contributed by atoms with E-state index in [9.17, 15) is 9.18 Å². The first kappa shape index (κ1) is 8.46. The van der Waals surface area contributed by atoms with Crippen LogP contribution in [0.5, 0.6) is 0 Å². The summed E-state index contributed by atoms with van der Waals surface area (Å²) in [5.74, 6) is -0.502. The van der Waals surface area contributed by atoms with E-state index in [1.807, 2.05) is 0 Å². The van der Waals surface area contributed by atoms with Crippen molar-refractivity contribution in [2.24, 2.45) is 5.73 Å². The minimum Gasteiger partial charge on any atom is -0.468 e. The number of halogens is 1. The van der Waals surface area contributed by atoms with E-state index in [4.69, 9.17) is 5.73 Å². The van der Waals surface area contributed by atoms with Gasteiger partial charge in [0.05, 0.1) is 7.11 Å². The van der Waals surface area contributed by atoms with Crippen molar-refractivity contribution in [1.82, 2.24) is 0 Å². The molecule has 0 spiro atoms. The third kappa shape index (κ3) is 1.50. The molecule has 2 atom stereocenters. The van der Waals surface area contributed by atoms with E-state index in [1.165, 1.54) is 7.11 Å². The Balaban J connectivity index is 2.61. The maximum absolute atomic E-state index is 12.6. The van der Waals surface area contributed by atoms with Gasteiger partial charge in [-0.1, -0.05) is 0 Å². The number of carbonyl (C=O) groups is 1. The van der Waals surface area contributed by atoms with Crippen molar-refractivity contribution in [2.75, 3.05) is 7.11 Å². The van der Waals surface area contributed by atoms with E-state index in [0.717, 1.165) is 0 Å². The standard InChI is InChI=1S/C7H12FNO2/c1-11-6(10)7(9)3-2-5(8)4-7/h5H,2-4,9H2,1H3. The first-order valence-corrected chi connectivity index (χ1v) is 3.60. The Labute approximate surface area is 64.7 Å². The van der Waals surface area contributed by atoms with E-state index in [-0.39, 0.29) is 6.42 Å². The zero-order chi connectivity index (χ0) is 8.48. The summed E-state index contributed by atoms with van der Waals surface area (Å²) in [5.41, 5.74) is 4.53. The number of methoxy groups -OCH3 is 1. The molecule has 0 aromatic rings. The van der Waals surface area contributed by atoms with Crippen molar-refractivity contribution in [3.8, 4) is 0 Å². The fourth-order valence-electron chi connectivity index (χ4n) is 1.40. The molecular formula is C7H12FNO2. The third-order valence-electron chi connectivity index (χ3n) is 2.08. The smallest absolute Gasteiger partial charge is 0.325 e. The zero-order valence-corrected chi connectivity index (χ0v) is 6.47. The van der Waals surface area contributed by atoms with Crippen LogP contribution in [0.3, 0.4) is 0 Å². The molecule has 2 unspecified atom stereocenters. The topological polar surface area (TPSA) is 52.3 Å². The van der Waals surface area contributed by atoms with Gasteiger partial charge in [0, 0.05) is 6.42 Å². The molecule has 0 aliphatic heterocycles. The van der Waals surface area contributed by atoms with Crippen LogP contribution in [0, 0.1) is 0 Å². The lowest BCUT2D eigenvalue weighted by Crippen LogP contribution is -2.46. The van der Waals surface area contributed by atoms with E-state index >= 15 is 0 Å². The van der Waals surface area contributed by atoms with Gasteiger partial charge in [-0.25, -0.2) is 4.39 Å². The van der Waals surface area contributed by atoms with Crippen LogP contribution < -0.4 is 5.73 Å². The fourth-order valence-corrected chi connectivity index (χ4v) is 1.40. The van der Waals surface area contributed by atoms with Gasteiger partial charge >= 0.3 is 5.97 Å². The average molecular weight is 161 g/mol. The molecule has 64 valence electrons. The molecule has 0 amide bonds. The van der Waals surface area contributed by atoms with E-state index in [1.54, 1.807) is 0 Å². The molecule has 0 bridgehead atoms. The second kappa shape index (κ2) is 2.77. The van der Waals surface area contributed by atoms with Crippen LogP contribution in [0.15, 0.2) is 0 Å². The van der Waals surface area contributed by atoms with Crippen molar-refractivity contribution in [2.45, 2.75) is 31.0 Å². The first-order chi connectivity index (χ1) is 5.08. The highest BCUT2D eigenvalue weighted by Gasteiger charge is 2.43. The van der Waals surface area contributed by atoms with Crippen molar-refractivity contribution in [1.29, 1.82) is 0 Å². The Kier molecular flexibility index (Phi) is 2.13. The predicted molar refractivity (Wildman–Crippen MR) is 37.7 cm³/mol. The molecule has 0 saturated heterocycles. The molecule has 1 saturated carbocycles. The highest BCUT2D eigenvalue weighted by molar-refractivity contribution is 5.80. The molecule has 1 aliphatic carbocycles. The highest BCUT2D eigenvalue weighted by atomic mass is 19.1. The summed E-state index contributed by atoms with van der Waals surface area (Å²) in [6.07, 6.45) is -0.0920. The number of rotatable bonds is 1. The molecule has 4 heteroatoms. The van der Waals surface area contributed by atoms with Crippen LogP contribution in [-0.4, -0.2) is 24.8 Å². The molecule has 1 aliphatic rings. The maximum Gasteiger partial charge on any atom is 0.325 e. The Morgan fingerprint density at radius 2 is 2.45 bits per heavy atom. The van der Waals surface area contributed by atoms with E-state index in [2.05, 4.69) is 4.74 Å². The lowest BCUT2D eigenvalue weighted by atomic mass is 10.00. The maximum atomic E-state index is 12.6. The lowest BCUT2D eigenvalue weighted by Gasteiger charge is -2.19. The zero-order valence-electron chi connectivity index (χ0n) is 6.47. The Hall–Kier alpha value is -0.640. The van der Waals surface area contributed by atoms with Crippen molar-refractivity contribution < 1.29 is 13.9 Å². The van der Waals surface area contributed by atoms with Gasteiger partial charge in [-0.3, -0.25) is 4.79 Å². The molecule has 1 rings (SSSR count). The minimum absolute atomic E-state index is 0.0969. The normalized spacial score (nSPS) is 37.2. The van der Waals surface area contributed by atoms with Gasteiger partial charge in [0.15, 0.2) is 0 Å². The van der Waals surface area contributed by atoms with Gasteiger partial charge < -0.3 is 10.5 Å². The molecule has 1 fully saturated rings. The van der Waals surface area contributed by atoms with Gasteiger partial charge in [-0.15, -0.1) is 0 Å². The van der Waals surface area contributed by atoms with E-state index < -0.39 is 17.7 Å². The van der Waals surface area contributed by atoms with Gasteiger partial charge in [-0.05, 0) is 12.8 Å². The summed E-state index contributed by atoms with van der Waals surface area (Å²) in [6, 6.07) is 0. The van der Waals surface area contributed by atoms with Crippen molar-refractivity contribution in [3.05, 3.63) is 0 Å². The summed E-state index contributed by atoms with van der Waals surface area (Å²) >= 11 is 0. The Morgan fingerprint density at radius 1 is 1.82 bits per heavy atom. The van der Waals surface area contributed by atoms with Gasteiger partial charge in [-0.2, -0.15) is 0 Å². The Bertz CT molecular complexity index is 174. The van der Waals surface area contributed by atoms with Crippen LogP contribution in [0.1, 0.15) is 19.3 Å². The van der Waals surface area contributed by atoms with Gasteiger partial charge in [0.1, 0.15) is 11.7 Å². The molecule has 0 radical (unpaired) electrons. The third-order valence-corrected chi connectivity index (χ3v) is 2.08. The average Bonchev–Trinajstić information content (AvgIpc) is 2.31. The van der Waals surface area contributed by atoms with E-state index in [0.29, 0.717) is 12.8 Å². The quantitative estimate of drug-likeness (QED) is 0.565. The molecule has 0 aromatic carbocycles. The number of ether oxygens (including phenoxy) is 1. The SMILES string of the molecule is COC(=O)C1(N)CCC(F)C1. The first-order valence-electron chi connectivity index (χ1n) is 3.60. The number of esters is 1. The van der Waals surface area contributed by atoms with Gasteiger partial charge in [0.25, 0.3) is 0 Å². The second-order valence-corrected chi connectivity index (χ2v) is 2.99. The number of hydrogen-bond acceptors (Lipinski definition) is 3. The molecule has 11 heavy (non-hydrogen) atoms. The monoisotopic (exact) mass is 161 g/mol. The van der Waals surface area contributed by atoms with Gasteiger partial charge in [0.2, 0.25) is 0 Å². The Morgan fingerprint density at radius 3 is 2.82 bits per heavy atom. The summed E-state index contributed by atoms with van der Waals surface area (Å²) in [7, 11) is 1.27. The summed E-state index contributed by atoms with van der Waals surface area (Å²) < 4.78 is 17.1. The number of carbonyl (C=O) groups excluding carboxylic acids is 1. The molecule has 0 heterocycles. The second-order valence-electron chi connectivity index (χ2n) is 2.99.